The van der Waals surface area contributed by atoms with Crippen LogP contribution in [0.4, 0.5) is 11.4 Å². The van der Waals surface area contributed by atoms with E-state index >= 15 is 0 Å². The molecular formula is C21H28N4O2. The SMILES string of the molecule is CCCN(CC)c1ccc(C(=O)Nc2ccccc2C(=O)NCCN)cc1. The highest BCUT2D eigenvalue weighted by Crippen LogP contribution is 2.19. The van der Waals surface area contributed by atoms with E-state index in [1.807, 2.05) is 12.1 Å². The third kappa shape index (κ3) is 5.56. The van der Waals surface area contributed by atoms with Crippen molar-refractivity contribution in [3.8, 4) is 0 Å². The number of hydrogen-bond acceptors (Lipinski definition) is 4. The van der Waals surface area contributed by atoms with E-state index in [1.54, 1.807) is 36.4 Å². The Balaban J connectivity index is 2.12. The smallest absolute Gasteiger partial charge is 0.255 e. The van der Waals surface area contributed by atoms with Crippen LogP contribution >= 0.6 is 0 Å². The van der Waals surface area contributed by atoms with E-state index in [9.17, 15) is 9.59 Å². The number of rotatable bonds is 9. The average molecular weight is 368 g/mol. The number of amides is 2. The van der Waals surface area contributed by atoms with Gasteiger partial charge in [-0.2, -0.15) is 0 Å². The molecule has 6 nitrogen and oxygen atoms in total. The molecule has 144 valence electrons. The van der Waals surface area contributed by atoms with Gasteiger partial charge in [-0.1, -0.05) is 19.1 Å². The summed E-state index contributed by atoms with van der Waals surface area (Å²) in [6.07, 6.45) is 1.07. The fourth-order valence-corrected chi connectivity index (χ4v) is 2.83. The Labute approximate surface area is 160 Å². The molecule has 0 aliphatic carbocycles. The van der Waals surface area contributed by atoms with Crippen molar-refractivity contribution in [3.63, 3.8) is 0 Å². The molecule has 0 saturated carbocycles. The minimum Gasteiger partial charge on any atom is -0.372 e. The fraction of sp³-hybridized carbons (Fsp3) is 0.333. The molecule has 0 spiro atoms. The highest BCUT2D eigenvalue weighted by atomic mass is 16.2. The van der Waals surface area contributed by atoms with Crippen LogP contribution in [0.2, 0.25) is 0 Å². The van der Waals surface area contributed by atoms with E-state index in [0.29, 0.717) is 29.9 Å². The van der Waals surface area contributed by atoms with Gasteiger partial charge in [-0.3, -0.25) is 9.59 Å². The van der Waals surface area contributed by atoms with E-state index in [4.69, 9.17) is 5.73 Å². The van der Waals surface area contributed by atoms with Crippen LogP contribution in [-0.2, 0) is 0 Å². The molecule has 2 rings (SSSR count). The molecule has 0 heterocycles. The second kappa shape index (κ2) is 10.3. The number of carbonyl (C=O) groups excluding carboxylic acids is 2. The summed E-state index contributed by atoms with van der Waals surface area (Å²) in [5.41, 5.74) is 7.95. The van der Waals surface area contributed by atoms with Crippen molar-refractivity contribution in [1.29, 1.82) is 0 Å². The summed E-state index contributed by atoms with van der Waals surface area (Å²) in [5, 5.41) is 5.55. The Morgan fingerprint density at radius 2 is 1.70 bits per heavy atom. The quantitative estimate of drug-likeness (QED) is 0.635. The van der Waals surface area contributed by atoms with Gasteiger partial charge < -0.3 is 21.3 Å². The van der Waals surface area contributed by atoms with Gasteiger partial charge in [0.1, 0.15) is 0 Å². The molecule has 0 atom stereocenters. The normalized spacial score (nSPS) is 10.3. The molecule has 2 aromatic rings. The highest BCUT2D eigenvalue weighted by molar-refractivity contribution is 6.09. The van der Waals surface area contributed by atoms with E-state index in [2.05, 4.69) is 29.4 Å². The van der Waals surface area contributed by atoms with Crippen molar-refractivity contribution >= 4 is 23.2 Å². The number of nitrogens with zero attached hydrogens (tertiary/aromatic N) is 1. The lowest BCUT2D eigenvalue weighted by atomic mass is 10.1. The van der Waals surface area contributed by atoms with E-state index in [0.717, 1.165) is 25.2 Å². The summed E-state index contributed by atoms with van der Waals surface area (Å²) in [6.45, 7) is 6.90. The number of anilines is 2. The molecule has 27 heavy (non-hydrogen) atoms. The summed E-state index contributed by atoms with van der Waals surface area (Å²) >= 11 is 0. The van der Waals surface area contributed by atoms with E-state index in [1.165, 1.54) is 0 Å². The van der Waals surface area contributed by atoms with Crippen molar-refractivity contribution in [2.45, 2.75) is 20.3 Å². The molecular weight excluding hydrogens is 340 g/mol. The lowest BCUT2D eigenvalue weighted by Crippen LogP contribution is -2.30. The van der Waals surface area contributed by atoms with Crippen molar-refractivity contribution < 1.29 is 9.59 Å². The summed E-state index contributed by atoms with van der Waals surface area (Å²) in [6, 6.07) is 14.4. The minimum atomic E-state index is -0.259. The number of para-hydroxylation sites is 1. The second-order valence-electron chi connectivity index (χ2n) is 6.17. The molecule has 0 unspecified atom stereocenters. The van der Waals surface area contributed by atoms with Crippen molar-refractivity contribution in [2.75, 3.05) is 36.4 Å². The summed E-state index contributed by atoms with van der Waals surface area (Å²) < 4.78 is 0. The number of nitrogens with one attached hydrogen (secondary N) is 2. The Morgan fingerprint density at radius 3 is 2.33 bits per heavy atom. The molecule has 2 amide bonds. The van der Waals surface area contributed by atoms with Crippen LogP contribution in [0, 0.1) is 0 Å². The molecule has 0 aromatic heterocycles. The average Bonchev–Trinajstić information content (AvgIpc) is 2.70. The van der Waals surface area contributed by atoms with E-state index < -0.39 is 0 Å². The third-order valence-corrected chi connectivity index (χ3v) is 4.22. The van der Waals surface area contributed by atoms with E-state index in [-0.39, 0.29) is 11.8 Å². The Morgan fingerprint density at radius 1 is 1.00 bits per heavy atom. The highest BCUT2D eigenvalue weighted by Gasteiger charge is 2.14. The first-order valence-electron chi connectivity index (χ1n) is 9.34. The van der Waals surface area contributed by atoms with Gasteiger partial charge in [0, 0.05) is 37.4 Å². The lowest BCUT2D eigenvalue weighted by Gasteiger charge is -2.22. The van der Waals surface area contributed by atoms with Crippen LogP contribution in [0.25, 0.3) is 0 Å². The van der Waals surface area contributed by atoms with Crippen LogP contribution in [0.1, 0.15) is 41.0 Å². The standard InChI is InChI=1S/C21H28N4O2/c1-3-15-25(4-2)17-11-9-16(10-12-17)20(26)24-19-8-6-5-7-18(19)21(27)23-14-13-22/h5-12H,3-4,13-15,22H2,1-2H3,(H,23,27)(H,24,26). The maximum atomic E-state index is 12.6. The number of nitrogens with two attached hydrogens (primary N) is 1. The first kappa shape index (κ1) is 20.5. The monoisotopic (exact) mass is 368 g/mol. The number of benzene rings is 2. The molecule has 2 aromatic carbocycles. The van der Waals surface area contributed by atoms with Gasteiger partial charge in [-0.05, 0) is 49.7 Å². The van der Waals surface area contributed by atoms with Crippen LogP contribution in [0.5, 0.6) is 0 Å². The Bertz CT molecular complexity index is 759. The first-order chi connectivity index (χ1) is 13.1. The largest absolute Gasteiger partial charge is 0.372 e. The molecule has 0 fully saturated rings. The van der Waals surface area contributed by atoms with Crippen LogP contribution < -0.4 is 21.3 Å². The van der Waals surface area contributed by atoms with Gasteiger partial charge in [0.2, 0.25) is 0 Å². The fourth-order valence-electron chi connectivity index (χ4n) is 2.83. The summed E-state index contributed by atoms with van der Waals surface area (Å²) in [5.74, 6) is -0.510. The number of carbonyl (C=O) groups is 2. The zero-order valence-corrected chi connectivity index (χ0v) is 16.0. The second-order valence-corrected chi connectivity index (χ2v) is 6.17. The van der Waals surface area contributed by atoms with Gasteiger partial charge in [0.05, 0.1) is 11.3 Å². The Kier molecular flexibility index (Phi) is 7.82. The molecule has 0 saturated heterocycles. The van der Waals surface area contributed by atoms with Crippen molar-refractivity contribution in [2.24, 2.45) is 5.73 Å². The molecule has 0 bridgehead atoms. The first-order valence-corrected chi connectivity index (χ1v) is 9.34. The minimum absolute atomic E-state index is 0.251. The predicted octanol–water partition coefficient (Wildman–Crippen LogP) is 2.86. The number of hydrogen-bond donors (Lipinski definition) is 3. The van der Waals surface area contributed by atoms with Gasteiger partial charge >= 0.3 is 0 Å². The summed E-state index contributed by atoms with van der Waals surface area (Å²) in [7, 11) is 0. The van der Waals surface area contributed by atoms with Crippen molar-refractivity contribution in [3.05, 3.63) is 59.7 Å². The topological polar surface area (TPSA) is 87.5 Å². The maximum Gasteiger partial charge on any atom is 0.255 e. The summed E-state index contributed by atoms with van der Waals surface area (Å²) in [4.78, 5) is 27.1. The molecule has 0 aliphatic rings. The van der Waals surface area contributed by atoms with Gasteiger partial charge in [0.15, 0.2) is 0 Å². The predicted molar refractivity (Wildman–Crippen MR) is 110 cm³/mol. The van der Waals surface area contributed by atoms with Crippen LogP contribution in [-0.4, -0.2) is 38.0 Å². The zero-order chi connectivity index (χ0) is 19.6. The molecule has 6 heteroatoms. The molecule has 4 N–H and O–H groups in total. The van der Waals surface area contributed by atoms with Crippen LogP contribution in [0.3, 0.4) is 0 Å². The van der Waals surface area contributed by atoms with Crippen molar-refractivity contribution in [1.82, 2.24) is 5.32 Å². The molecule has 0 radical (unpaired) electrons. The maximum absolute atomic E-state index is 12.6. The van der Waals surface area contributed by atoms with Gasteiger partial charge in [-0.25, -0.2) is 0 Å². The van der Waals surface area contributed by atoms with Crippen LogP contribution in [0.15, 0.2) is 48.5 Å². The molecule has 0 aliphatic heterocycles. The van der Waals surface area contributed by atoms with Gasteiger partial charge in [-0.15, -0.1) is 0 Å². The Hall–Kier alpha value is -2.86. The zero-order valence-electron chi connectivity index (χ0n) is 16.0. The van der Waals surface area contributed by atoms with Gasteiger partial charge in [0.25, 0.3) is 11.8 Å². The third-order valence-electron chi connectivity index (χ3n) is 4.22. The lowest BCUT2D eigenvalue weighted by molar-refractivity contribution is 0.0955.